The molecule has 1 N–H and O–H groups in total. The Labute approximate surface area is 124 Å². The van der Waals surface area contributed by atoms with Crippen LogP contribution in [-0.4, -0.2) is 29.6 Å². The van der Waals surface area contributed by atoms with Crippen LogP contribution in [0.15, 0.2) is 28.7 Å². The molecule has 1 aromatic carbocycles. The third kappa shape index (κ3) is 3.04. The van der Waals surface area contributed by atoms with Crippen LogP contribution in [0.25, 0.3) is 0 Å². The van der Waals surface area contributed by atoms with E-state index >= 15 is 0 Å². The van der Waals surface area contributed by atoms with E-state index in [1.54, 1.807) is 0 Å². The average molecular weight is 323 g/mol. The van der Waals surface area contributed by atoms with E-state index in [1.165, 1.54) is 24.9 Å². The molecule has 2 aliphatic rings. The summed E-state index contributed by atoms with van der Waals surface area (Å²) in [4.78, 5) is 2.64. The second-order valence-corrected chi connectivity index (χ2v) is 7.37. The number of piperazine rings is 1. The third-order valence-electron chi connectivity index (χ3n) is 4.73. The molecule has 0 radical (unpaired) electrons. The van der Waals surface area contributed by atoms with Gasteiger partial charge in [-0.1, -0.05) is 28.1 Å². The molecule has 0 amide bonds. The molecule has 0 bridgehead atoms. The fraction of sp³-hybridized carbons (Fsp3) is 0.625. The van der Waals surface area contributed by atoms with Crippen molar-refractivity contribution >= 4 is 15.9 Å². The molecule has 3 rings (SSSR count). The molecule has 2 nitrogen and oxygen atoms in total. The molecule has 1 aliphatic carbocycles. The predicted octanol–water partition coefficient (Wildman–Crippen LogP) is 3.41. The van der Waals surface area contributed by atoms with Crippen LogP contribution in [0.3, 0.4) is 0 Å². The van der Waals surface area contributed by atoms with E-state index in [1.807, 2.05) is 0 Å². The summed E-state index contributed by atoms with van der Waals surface area (Å²) in [6, 6.07) is 9.36. The molecular formula is C16H23BrN2. The molecule has 0 aromatic heterocycles. The van der Waals surface area contributed by atoms with Crippen LogP contribution in [0.4, 0.5) is 0 Å². The molecule has 1 saturated carbocycles. The Hall–Kier alpha value is -0.380. The molecular weight excluding hydrogens is 300 g/mol. The molecule has 0 spiro atoms. The lowest BCUT2D eigenvalue weighted by molar-refractivity contribution is 0.0770. The van der Waals surface area contributed by atoms with E-state index in [0.29, 0.717) is 11.6 Å². The largest absolute Gasteiger partial charge is 0.308 e. The summed E-state index contributed by atoms with van der Waals surface area (Å²) in [5.74, 6) is 0.896. The van der Waals surface area contributed by atoms with Crippen molar-refractivity contribution in [1.82, 2.24) is 10.2 Å². The zero-order valence-electron chi connectivity index (χ0n) is 11.8. The van der Waals surface area contributed by atoms with E-state index in [2.05, 4.69) is 64.3 Å². The van der Waals surface area contributed by atoms with Gasteiger partial charge in [-0.25, -0.2) is 0 Å². The lowest BCUT2D eigenvalue weighted by Gasteiger charge is -2.45. The van der Waals surface area contributed by atoms with Gasteiger partial charge in [-0.2, -0.15) is 0 Å². The van der Waals surface area contributed by atoms with Crippen LogP contribution in [0.2, 0.25) is 0 Å². The number of hydrogen-bond donors (Lipinski definition) is 1. The lowest BCUT2D eigenvalue weighted by Crippen LogP contribution is -2.62. The second-order valence-electron chi connectivity index (χ2n) is 6.45. The highest BCUT2D eigenvalue weighted by molar-refractivity contribution is 9.10. The smallest absolute Gasteiger partial charge is 0.0309 e. The van der Waals surface area contributed by atoms with Crippen LogP contribution in [0.5, 0.6) is 0 Å². The van der Waals surface area contributed by atoms with Crippen molar-refractivity contribution in [3.05, 3.63) is 34.3 Å². The zero-order valence-corrected chi connectivity index (χ0v) is 13.4. The lowest BCUT2D eigenvalue weighted by atomic mass is 9.91. The van der Waals surface area contributed by atoms with E-state index in [-0.39, 0.29) is 0 Å². The first kappa shape index (κ1) is 13.6. The van der Waals surface area contributed by atoms with Gasteiger partial charge in [0.05, 0.1) is 0 Å². The quantitative estimate of drug-likeness (QED) is 0.917. The van der Waals surface area contributed by atoms with Gasteiger partial charge in [0, 0.05) is 35.7 Å². The summed E-state index contributed by atoms with van der Waals surface area (Å²) >= 11 is 3.50. The fourth-order valence-corrected chi connectivity index (χ4v) is 3.44. The normalized spacial score (nSPS) is 32.5. The number of halogens is 1. The zero-order chi connectivity index (χ0) is 13.5. The van der Waals surface area contributed by atoms with Crippen molar-refractivity contribution in [2.45, 2.75) is 44.8 Å². The maximum Gasteiger partial charge on any atom is 0.0309 e. The van der Waals surface area contributed by atoms with Crippen molar-refractivity contribution in [2.24, 2.45) is 5.92 Å². The monoisotopic (exact) mass is 322 g/mol. The molecule has 1 aromatic rings. The van der Waals surface area contributed by atoms with Crippen molar-refractivity contribution in [3.63, 3.8) is 0 Å². The Morgan fingerprint density at radius 1 is 1.32 bits per heavy atom. The molecule has 3 heteroatoms. The van der Waals surface area contributed by atoms with Crippen LogP contribution in [0.1, 0.15) is 32.3 Å². The molecule has 2 unspecified atom stereocenters. The minimum Gasteiger partial charge on any atom is -0.308 e. The third-order valence-corrected chi connectivity index (χ3v) is 5.26. The highest BCUT2D eigenvalue weighted by atomic mass is 79.9. The predicted molar refractivity (Wildman–Crippen MR) is 83.1 cm³/mol. The van der Waals surface area contributed by atoms with Crippen molar-refractivity contribution < 1.29 is 0 Å². The summed E-state index contributed by atoms with van der Waals surface area (Å²) in [6.07, 6.45) is 2.81. The minimum absolute atomic E-state index is 0.335. The Bertz CT molecular complexity index is 441. The Kier molecular flexibility index (Phi) is 3.71. The Morgan fingerprint density at radius 2 is 2.00 bits per heavy atom. The fourth-order valence-electron chi connectivity index (χ4n) is 3.17. The van der Waals surface area contributed by atoms with Crippen molar-refractivity contribution in [2.75, 3.05) is 13.1 Å². The summed E-state index contributed by atoms with van der Waals surface area (Å²) in [6.45, 7) is 8.10. The SMILES string of the molecule is CC1CNC(C)(C2CC2)CN1Cc1ccc(Br)cc1. The average Bonchev–Trinajstić information content (AvgIpc) is 3.21. The highest BCUT2D eigenvalue weighted by Crippen LogP contribution is 2.41. The van der Waals surface area contributed by atoms with Gasteiger partial charge < -0.3 is 5.32 Å². The summed E-state index contributed by atoms with van der Waals surface area (Å²) in [7, 11) is 0. The molecule has 104 valence electrons. The van der Waals surface area contributed by atoms with Gasteiger partial charge in [0.1, 0.15) is 0 Å². The van der Waals surface area contributed by atoms with Gasteiger partial charge in [-0.3, -0.25) is 4.90 Å². The number of nitrogens with one attached hydrogen (secondary N) is 1. The minimum atomic E-state index is 0.335. The van der Waals surface area contributed by atoms with Gasteiger partial charge in [-0.15, -0.1) is 0 Å². The standard InChI is InChI=1S/C16H23BrN2/c1-12-9-18-16(2,14-5-6-14)11-19(12)10-13-3-7-15(17)8-4-13/h3-4,7-8,12,14,18H,5-6,9-11H2,1-2H3. The summed E-state index contributed by atoms with van der Waals surface area (Å²) < 4.78 is 1.16. The van der Waals surface area contributed by atoms with E-state index in [0.717, 1.165) is 23.5 Å². The number of benzene rings is 1. The maximum atomic E-state index is 3.78. The van der Waals surface area contributed by atoms with E-state index in [4.69, 9.17) is 0 Å². The van der Waals surface area contributed by atoms with Crippen LogP contribution >= 0.6 is 15.9 Å². The molecule has 2 fully saturated rings. The van der Waals surface area contributed by atoms with Gasteiger partial charge >= 0.3 is 0 Å². The van der Waals surface area contributed by atoms with Crippen molar-refractivity contribution in [1.29, 1.82) is 0 Å². The summed E-state index contributed by atoms with van der Waals surface area (Å²) in [5.41, 5.74) is 1.75. The first-order chi connectivity index (χ1) is 9.07. The van der Waals surface area contributed by atoms with Crippen LogP contribution in [-0.2, 0) is 6.54 Å². The van der Waals surface area contributed by atoms with Crippen molar-refractivity contribution in [3.8, 4) is 0 Å². The van der Waals surface area contributed by atoms with E-state index in [9.17, 15) is 0 Å². The second kappa shape index (κ2) is 5.19. The number of nitrogens with zero attached hydrogens (tertiary/aromatic N) is 1. The topological polar surface area (TPSA) is 15.3 Å². The Morgan fingerprint density at radius 3 is 2.63 bits per heavy atom. The molecule has 1 heterocycles. The van der Waals surface area contributed by atoms with Crippen LogP contribution in [0, 0.1) is 5.92 Å². The van der Waals surface area contributed by atoms with E-state index < -0.39 is 0 Å². The highest BCUT2D eigenvalue weighted by Gasteiger charge is 2.45. The van der Waals surface area contributed by atoms with Gasteiger partial charge in [0.15, 0.2) is 0 Å². The van der Waals surface area contributed by atoms with Gasteiger partial charge in [0.25, 0.3) is 0 Å². The number of rotatable bonds is 3. The summed E-state index contributed by atoms with van der Waals surface area (Å²) in [5, 5.41) is 3.78. The molecule has 2 atom stereocenters. The first-order valence-electron chi connectivity index (χ1n) is 7.30. The first-order valence-corrected chi connectivity index (χ1v) is 8.10. The molecule has 1 saturated heterocycles. The Balaban J connectivity index is 1.69. The number of hydrogen-bond acceptors (Lipinski definition) is 2. The van der Waals surface area contributed by atoms with Gasteiger partial charge in [-0.05, 0) is 50.3 Å². The molecule has 19 heavy (non-hydrogen) atoms. The van der Waals surface area contributed by atoms with Crippen LogP contribution < -0.4 is 5.32 Å². The van der Waals surface area contributed by atoms with Gasteiger partial charge in [0.2, 0.25) is 0 Å². The maximum absolute atomic E-state index is 3.78. The molecule has 1 aliphatic heterocycles.